The topological polar surface area (TPSA) is 85.2 Å². The van der Waals surface area contributed by atoms with E-state index < -0.39 is 0 Å². The Morgan fingerprint density at radius 3 is 2.62 bits per heavy atom. The zero-order valence-electron chi connectivity index (χ0n) is 22.8. The second-order valence-corrected chi connectivity index (χ2v) is 13.1. The van der Waals surface area contributed by atoms with Crippen LogP contribution >= 0.6 is 46.3 Å². The van der Waals surface area contributed by atoms with Gasteiger partial charge in [0.05, 0.1) is 21.4 Å². The minimum Gasteiger partial charge on any atom is -0.322 e. The molecule has 0 saturated carbocycles. The number of rotatable bonds is 9. The van der Waals surface area contributed by atoms with Crippen LogP contribution in [0, 0.1) is 11.3 Å². The van der Waals surface area contributed by atoms with Gasteiger partial charge in [0.15, 0.2) is 0 Å². The molecule has 1 aromatic heterocycles. The van der Waals surface area contributed by atoms with Gasteiger partial charge in [-0.25, -0.2) is 0 Å². The number of carbonyl (C=O) groups excluding carboxylic acids is 2. The minimum absolute atomic E-state index is 0.152. The number of amides is 2. The molecule has 5 rings (SSSR count). The van der Waals surface area contributed by atoms with Gasteiger partial charge in [-0.15, -0.1) is 23.1 Å². The number of carbonyl (C=O) groups is 2. The Morgan fingerprint density at radius 2 is 1.88 bits per heavy atom. The lowest BCUT2D eigenvalue weighted by Gasteiger charge is -2.26. The lowest BCUT2D eigenvalue weighted by atomic mass is 10.0. The van der Waals surface area contributed by atoms with Crippen LogP contribution in [0.15, 0.2) is 77.7 Å². The Kier molecular flexibility index (Phi) is 9.88. The van der Waals surface area contributed by atoms with Crippen LogP contribution in [0.2, 0.25) is 10.0 Å². The van der Waals surface area contributed by atoms with Gasteiger partial charge in [0.2, 0.25) is 5.91 Å². The number of nitriles is 1. The van der Waals surface area contributed by atoms with Crippen molar-refractivity contribution in [3.05, 3.63) is 110 Å². The molecule has 0 radical (unpaired) electrons. The van der Waals surface area contributed by atoms with Gasteiger partial charge in [0, 0.05) is 40.1 Å². The Labute approximate surface area is 263 Å². The van der Waals surface area contributed by atoms with E-state index in [1.165, 1.54) is 34.7 Å². The van der Waals surface area contributed by atoms with E-state index in [0.29, 0.717) is 33.3 Å². The van der Waals surface area contributed by atoms with Gasteiger partial charge in [-0.1, -0.05) is 66.5 Å². The fraction of sp³-hybridized carbons (Fsp3) is 0.219. The summed E-state index contributed by atoms with van der Waals surface area (Å²) < 4.78 is 0. The SMILES string of the molecule is CCC(Sc1cccc(NC(=O)c2ccc(Cl)cc2Cl)c1)C(=O)Nc1sc2c(c1C#N)CCN(Cc1ccccc1)C2. The third kappa shape index (κ3) is 7.17. The van der Waals surface area contributed by atoms with Gasteiger partial charge in [-0.3, -0.25) is 14.5 Å². The van der Waals surface area contributed by atoms with Crippen LogP contribution in [0.25, 0.3) is 0 Å². The highest BCUT2D eigenvalue weighted by molar-refractivity contribution is 8.00. The first-order valence-electron chi connectivity index (χ1n) is 13.5. The van der Waals surface area contributed by atoms with Crippen molar-refractivity contribution in [3.8, 4) is 6.07 Å². The maximum Gasteiger partial charge on any atom is 0.257 e. The van der Waals surface area contributed by atoms with Crippen LogP contribution in [-0.2, 0) is 24.3 Å². The Balaban J connectivity index is 1.24. The van der Waals surface area contributed by atoms with Crippen molar-refractivity contribution in [1.82, 2.24) is 4.90 Å². The number of benzene rings is 3. The summed E-state index contributed by atoms with van der Waals surface area (Å²) in [6, 6.07) is 24.7. The zero-order valence-corrected chi connectivity index (χ0v) is 26.0. The number of nitrogens with one attached hydrogen (secondary N) is 2. The predicted molar refractivity (Wildman–Crippen MR) is 173 cm³/mol. The van der Waals surface area contributed by atoms with Crippen molar-refractivity contribution in [2.24, 2.45) is 0 Å². The second kappa shape index (κ2) is 13.8. The van der Waals surface area contributed by atoms with Gasteiger partial charge in [-0.2, -0.15) is 5.26 Å². The number of nitrogens with zero attached hydrogens (tertiary/aromatic N) is 2. The fourth-order valence-electron chi connectivity index (χ4n) is 4.84. The van der Waals surface area contributed by atoms with Crippen molar-refractivity contribution in [1.29, 1.82) is 5.26 Å². The average molecular weight is 636 g/mol. The molecule has 2 amide bonds. The molecule has 0 fully saturated rings. The van der Waals surface area contributed by atoms with E-state index >= 15 is 0 Å². The molecule has 0 spiro atoms. The van der Waals surface area contributed by atoms with Gasteiger partial charge in [0.25, 0.3) is 5.91 Å². The van der Waals surface area contributed by atoms with E-state index in [-0.39, 0.29) is 22.1 Å². The molecule has 10 heteroatoms. The molecule has 214 valence electrons. The summed E-state index contributed by atoms with van der Waals surface area (Å²) in [5, 5.41) is 16.8. The van der Waals surface area contributed by atoms with E-state index in [0.717, 1.165) is 41.4 Å². The number of hydrogen-bond acceptors (Lipinski definition) is 6. The van der Waals surface area contributed by atoms with Crippen LogP contribution in [0.5, 0.6) is 0 Å². The first-order chi connectivity index (χ1) is 20.3. The quantitative estimate of drug-likeness (QED) is 0.181. The number of halogens is 2. The normalized spacial score (nSPS) is 13.6. The molecule has 6 nitrogen and oxygen atoms in total. The summed E-state index contributed by atoms with van der Waals surface area (Å²) in [6.07, 6.45) is 1.37. The van der Waals surface area contributed by atoms with Crippen LogP contribution in [-0.4, -0.2) is 28.5 Å². The van der Waals surface area contributed by atoms with Crippen molar-refractivity contribution in [3.63, 3.8) is 0 Å². The van der Waals surface area contributed by atoms with Crippen molar-refractivity contribution in [2.75, 3.05) is 17.2 Å². The molecule has 1 unspecified atom stereocenters. The molecule has 0 saturated heterocycles. The highest BCUT2D eigenvalue weighted by Gasteiger charge is 2.27. The van der Waals surface area contributed by atoms with E-state index in [1.807, 2.05) is 43.3 Å². The largest absolute Gasteiger partial charge is 0.322 e. The maximum atomic E-state index is 13.4. The molecule has 0 aliphatic carbocycles. The highest BCUT2D eigenvalue weighted by atomic mass is 35.5. The summed E-state index contributed by atoms with van der Waals surface area (Å²) in [5.41, 5.74) is 3.79. The van der Waals surface area contributed by atoms with Gasteiger partial charge < -0.3 is 10.6 Å². The second-order valence-electron chi connectivity index (χ2n) is 9.88. The molecule has 0 bridgehead atoms. The van der Waals surface area contributed by atoms with E-state index in [2.05, 4.69) is 33.7 Å². The van der Waals surface area contributed by atoms with E-state index in [4.69, 9.17) is 23.2 Å². The lowest BCUT2D eigenvalue weighted by molar-refractivity contribution is -0.115. The molecule has 3 aromatic carbocycles. The Morgan fingerprint density at radius 1 is 1.07 bits per heavy atom. The number of hydrogen-bond donors (Lipinski definition) is 2. The third-order valence-electron chi connectivity index (χ3n) is 6.94. The Hall–Kier alpha value is -3.32. The van der Waals surface area contributed by atoms with Crippen molar-refractivity contribution >= 4 is 68.8 Å². The zero-order chi connectivity index (χ0) is 29.6. The molecular weight excluding hydrogens is 607 g/mol. The van der Waals surface area contributed by atoms with Crippen LogP contribution in [0.3, 0.4) is 0 Å². The first kappa shape index (κ1) is 30.1. The molecule has 4 aromatic rings. The van der Waals surface area contributed by atoms with Gasteiger partial charge >= 0.3 is 0 Å². The molecule has 42 heavy (non-hydrogen) atoms. The van der Waals surface area contributed by atoms with E-state index in [9.17, 15) is 14.9 Å². The van der Waals surface area contributed by atoms with Crippen LogP contribution in [0.4, 0.5) is 10.7 Å². The summed E-state index contributed by atoms with van der Waals surface area (Å²) in [6.45, 7) is 4.43. The monoisotopic (exact) mass is 634 g/mol. The molecule has 1 aliphatic rings. The standard InChI is InChI=1S/C32H28Cl2N4O2S2/c1-2-28(41-23-10-6-9-22(16-23)36-30(39)25-12-11-21(33)15-27(25)34)31(40)37-32-26(17-35)24-13-14-38(19-29(24)42-32)18-20-7-4-3-5-8-20/h3-12,15-16,28H,2,13-14,18-19H2,1H3,(H,36,39)(H,37,40). The average Bonchev–Trinajstić information content (AvgIpc) is 3.32. The van der Waals surface area contributed by atoms with Crippen LogP contribution in [0.1, 0.15) is 45.3 Å². The summed E-state index contributed by atoms with van der Waals surface area (Å²) >= 11 is 15.1. The predicted octanol–water partition coefficient (Wildman–Crippen LogP) is 8.25. The molecule has 2 N–H and O–H groups in total. The minimum atomic E-state index is -0.387. The fourth-order valence-corrected chi connectivity index (χ4v) is 7.59. The smallest absolute Gasteiger partial charge is 0.257 e. The Bertz CT molecular complexity index is 1650. The van der Waals surface area contributed by atoms with Crippen molar-refractivity contribution in [2.45, 2.75) is 43.0 Å². The lowest BCUT2D eigenvalue weighted by Crippen LogP contribution is -2.29. The summed E-state index contributed by atoms with van der Waals surface area (Å²) in [4.78, 5) is 30.5. The van der Waals surface area contributed by atoms with E-state index in [1.54, 1.807) is 18.2 Å². The summed E-state index contributed by atoms with van der Waals surface area (Å²) in [7, 11) is 0. The highest BCUT2D eigenvalue weighted by Crippen LogP contribution is 2.38. The maximum absolute atomic E-state index is 13.4. The number of thiophene rings is 1. The summed E-state index contributed by atoms with van der Waals surface area (Å²) in [5.74, 6) is -0.502. The number of thioether (sulfide) groups is 1. The molecule has 1 atom stereocenters. The van der Waals surface area contributed by atoms with Gasteiger partial charge in [0.1, 0.15) is 11.1 Å². The first-order valence-corrected chi connectivity index (χ1v) is 15.9. The van der Waals surface area contributed by atoms with Crippen molar-refractivity contribution < 1.29 is 9.59 Å². The number of fused-ring (bicyclic) bond motifs is 1. The molecule has 1 aliphatic heterocycles. The third-order valence-corrected chi connectivity index (χ3v) is 9.98. The van der Waals surface area contributed by atoms with Crippen LogP contribution < -0.4 is 10.6 Å². The molecule has 2 heterocycles. The van der Waals surface area contributed by atoms with Gasteiger partial charge in [-0.05, 0) is 60.4 Å². The molecular formula is C32H28Cl2N4O2S2. The number of anilines is 2.